The van der Waals surface area contributed by atoms with Crippen LogP contribution in [0.5, 0.6) is 0 Å². The molecule has 0 fully saturated rings. The van der Waals surface area contributed by atoms with Crippen molar-refractivity contribution in [2.45, 2.75) is 32.9 Å². The number of benzene rings is 2. The zero-order valence-corrected chi connectivity index (χ0v) is 13.6. The third kappa shape index (κ3) is 4.61. The predicted octanol–water partition coefficient (Wildman–Crippen LogP) is 4.62. The molecule has 0 saturated carbocycles. The molecule has 0 aliphatic carbocycles. The van der Waals surface area contributed by atoms with Crippen molar-refractivity contribution >= 4 is 5.69 Å². The smallest absolute Gasteiger partial charge is 0.0511 e. The summed E-state index contributed by atoms with van der Waals surface area (Å²) >= 11 is 0. The van der Waals surface area contributed by atoms with Crippen LogP contribution in [0.1, 0.15) is 36.1 Å². The van der Waals surface area contributed by atoms with Crippen LogP contribution in [-0.4, -0.2) is 19.0 Å². The molecule has 0 aromatic heterocycles. The van der Waals surface area contributed by atoms with Crippen LogP contribution < -0.4 is 5.32 Å². The average Bonchev–Trinajstić information content (AvgIpc) is 2.45. The Kier molecular flexibility index (Phi) is 5.40. The summed E-state index contributed by atoms with van der Waals surface area (Å²) in [5.74, 6) is 0. The molecule has 1 atom stereocenters. The van der Waals surface area contributed by atoms with E-state index in [0.29, 0.717) is 6.04 Å². The third-order valence-corrected chi connectivity index (χ3v) is 3.65. The van der Waals surface area contributed by atoms with Gasteiger partial charge in [-0.15, -0.1) is 0 Å². The fourth-order valence-corrected chi connectivity index (χ4v) is 2.55. The van der Waals surface area contributed by atoms with E-state index < -0.39 is 0 Å². The first-order valence-corrected chi connectivity index (χ1v) is 7.65. The van der Waals surface area contributed by atoms with Gasteiger partial charge in [-0.2, -0.15) is 0 Å². The maximum Gasteiger partial charge on any atom is 0.0511 e. The van der Waals surface area contributed by atoms with Gasteiger partial charge in [0, 0.05) is 12.2 Å². The molecule has 1 N–H and O–H groups in total. The van der Waals surface area contributed by atoms with E-state index in [9.17, 15) is 0 Å². The molecule has 1 unspecified atom stereocenters. The molecule has 0 bridgehead atoms. The summed E-state index contributed by atoms with van der Waals surface area (Å²) < 4.78 is 0. The molecule has 0 amide bonds. The maximum absolute atomic E-state index is 3.66. The molecule has 2 aromatic carbocycles. The quantitative estimate of drug-likeness (QED) is 0.831. The van der Waals surface area contributed by atoms with E-state index in [2.05, 4.69) is 86.7 Å². The maximum atomic E-state index is 3.66. The average molecular weight is 282 g/mol. The summed E-state index contributed by atoms with van der Waals surface area (Å²) in [7, 11) is 4.20. The Labute approximate surface area is 128 Å². The molecule has 0 spiro atoms. The highest BCUT2D eigenvalue weighted by Crippen LogP contribution is 2.23. The van der Waals surface area contributed by atoms with Gasteiger partial charge >= 0.3 is 0 Å². The second-order valence-electron chi connectivity index (χ2n) is 5.95. The van der Waals surface area contributed by atoms with Crippen LogP contribution in [0.2, 0.25) is 0 Å². The summed E-state index contributed by atoms with van der Waals surface area (Å²) in [6.45, 7) is 5.32. The van der Waals surface area contributed by atoms with E-state index in [4.69, 9.17) is 0 Å². The molecule has 0 aliphatic rings. The number of rotatable bonds is 6. The van der Waals surface area contributed by atoms with Crippen LogP contribution in [0.3, 0.4) is 0 Å². The van der Waals surface area contributed by atoms with Gasteiger partial charge in [0.25, 0.3) is 0 Å². The highest BCUT2D eigenvalue weighted by atomic mass is 15.0. The molecule has 0 aliphatic heterocycles. The molecular formula is C19H26N2. The van der Waals surface area contributed by atoms with Crippen LogP contribution in [0, 0.1) is 6.92 Å². The van der Waals surface area contributed by atoms with Gasteiger partial charge in [-0.05, 0) is 50.7 Å². The highest BCUT2D eigenvalue weighted by molar-refractivity contribution is 5.48. The molecule has 2 heteroatoms. The number of anilines is 1. The number of aryl methyl sites for hydroxylation is 1. The SMILES string of the molecule is CCC(Nc1cccc(CN(C)C)c1)c1ccc(C)cc1. The largest absolute Gasteiger partial charge is 0.378 e. The lowest BCUT2D eigenvalue weighted by Gasteiger charge is -2.20. The lowest BCUT2D eigenvalue weighted by atomic mass is 10.0. The molecule has 112 valence electrons. The van der Waals surface area contributed by atoms with Crippen LogP contribution in [0.4, 0.5) is 5.69 Å². The van der Waals surface area contributed by atoms with Crippen LogP contribution in [0.25, 0.3) is 0 Å². The van der Waals surface area contributed by atoms with E-state index in [0.717, 1.165) is 13.0 Å². The van der Waals surface area contributed by atoms with Crippen LogP contribution >= 0.6 is 0 Å². The molecule has 0 radical (unpaired) electrons. The Morgan fingerprint density at radius 3 is 2.38 bits per heavy atom. The minimum absolute atomic E-state index is 0.361. The monoisotopic (exact) mass is 282 g/mol. The lowest BCUT2D eigenvalue weighted by Crippen LogP contribution is -2.12. The van der Waals surface area contributed by atoms with E-state index in [1.54, 1.807) is 0 Å². The molecule has 2 aromatic rings. The predicted molar refractivity (Wildman–Crippen MR) is 91.7 cm³/mol. The standard InChI is InChI=1S/C19H26N2/c1-5-19(17-11-9-15(2)10-12-17)20-18-8-6-7-16(13-18)14-21(3)4/h6-13,19-20H,5,14H2,1-4H3. The number of hydrogen-bond donors (Lipinski definition) is 1. The second kappa shape index (κ2) is 7.28. The first kappa shape index (κ1) is 15.6. The van der Waals surface area contributed by atoms with Gasteiger partial charge in [-0.3, -0.25) is 0 Å². The zero-order chi connectivity index (χ0) is 15.2. The van der Waals surface area contributed by atoms with E-state index in [-0.39, 0.29) is 0 Å². The van der Waals surface area contributed by atoms with Crippen LogP contribution in [0.15, 0.2) is 48.5 Å². The van der Waals surface area contributed by atoms with E-state index in [1.807, 2.05) is 0 Å². The van der Waals surface area contributed by atoms with Gasteiger partial charge in [0.15, 0.2) is 0 Å². The van der Waals surface area contributed by atoms with Gasteiger partial charge in [0.05, 0.1) is 6.04 Å². The van der Waals surface area contributed by atoms with Crippen molar-refractivity contribution in [3.8, 4) is 0 Å². The van der Waals surface area contributed by atoms with Crippen molar-refractivity contribution in [2.24, 2.45) is 0 Å². The first-order valence-electron chi connectivity index (χ1n) is 7.65. The highest BCUT2D eigenvalue weighted by Gasteiger charge is 2.09. The Morgan fingerprint density at radius 1 is 1.05 bits per heavy atom. The number of nitrogens with one attached hydrogen (secondary N) is 1. The van der Waals surface area contributed by atoms with Crippen molar-refractivity contribution in [2.75, 3.05) is 19.4 Å². The van der Waals surface area contributed by atoms with Crippen molar-refractivity contribution in [1.29, 1.82) is 0 Å². The Bertz CT molecular complexity index is 558. The van der Waals surface area contributed by atoms with Crippen molar-refractivity contribution in [1.82, 2.24) is 4.90 Å². The minimum atomic E-state index is 0.361. The fourth-order valence-electron chi connectivity index (χ4n) is 2.55. The molecule has 2 rings (SSSR count). The summed E-state index contributed by atoms with van der Waals surface area (Å²) in [5, 5.41) is 3.66. The fraction of sp³-hybridized carbons (Fsp3) is 0.368. The Balaban J connectivity index is 2.13. The van der Waals surface area contributed by atoms with Gasteiger partial charge in [-0.1, -0.05) is 48.9 Å². The summed E-state index contributed by atoms with van der Waals surface area (Å²) in [4.78, 5) is 2.19. The molecular weight excluding hydrogens is 256 g/mol. The van der Waals surface area contributed by atoms with Crippen molar-refractivity contribution in [3.05, 3.63) is 65.2 Å². The minimum Gasteiger partial charge on any atom is -0.378 e. The van der Waals surface area contributed by atoms with Crippen molar-refractivity contribution < 1.29 is 0 Å². The van der Waals surface area contributed by atoms with Gasteiger partial charge < -0.3 is 10.2 Å². The number of hydrogen-bond acceptors (Lipinski definition) is 2. The van der Waals surface area contributed by atoms with Gasteiger partial charge in [-0.25, -0.2) is 0 Å². The number of nitrogens with zero attached hydrogens (tertiary/aromatic N) is 1. The van der Waals surface area contributed by atoms with E-state index >= 15 is 0 Å². The molecule has 2 nitrogen and oxygen atoms in total. The molecule has 0 heterocycles. The normalized spacial score (nSPS) is 12.4. The van der Waals surface area contributed by atoms with Gasteiger partial charge in [0.2, 0.25) is 0 Å². The third-order valence-electron chi connectivity index (χ3n) is 3.65. The first-order chi connectivity index (χ1) is 10.1. The summed E-state index contributed by atoms with van der Waals surface area (Å²) in [5.41, 5.74) is 5.19. The topological polar surface area (TPSA) is 15.3 Å². The molecule has 21 heavy (non-hydrogen) atoms. The second-order valence-corrected chi connectivity index (χ2v) is 5.95. The van der Waals surface area contributed by atoms with Gasteiger partial charge in [0.1, 0.15) is 0 Å². The molecule has 0 saturated heterocycles. The zero-order valence-electron chi connectivity index (χ0n) is 13.6. The summed E-state index contributed by atoms with van der Waals surface area (Å²) in [6, 6.07) is 17.9. The lowest BCUT2D eigenvalue weighted by molar-refractivity contribution is 0.402. The van der Waals surface area contributed by atoms with E-state index in [1.165, 1.54) is 22.4 Å². The summed E-state index contributed by atoms with van der Waals surface area (Å²) in [6.07, 6.45) is 1.07. The Hall–Kier alpha value is -1.80. The Morgan fingerprint density at radius 2 is 1.76 bits per heavy atom. The van der Waals surface area contributed by atoms with Crippen molar-refractivity contribution in [3.63, 3.8) is 0 Å². The van der Waals surface area contributed by atoms with Crippen LogP contribution in [-0.2, 0) is 6.54 Å².